The number of carbonyl (C=O) groups excluding carboxylic acids is 1. The number of piperazine rings is 1. The number of alkyl halides is 1. The summed E-state index contributed by atoms with van der Waals surface area (Å²) in [5, 5.41) is 0. The van der Waals surface area contributed by atoms with E-state index in [1.165, 1.54) is 38.9 Å². The van der Waals surface area contributed by atoms with Crippen molar-refractivity contribution in [1.29, 1.82) is 0 Å². The molecule has 2 heterocycles. The Bertz CT molecular complexity index is 373. The Morgan fingerprint density at radius 1 is 1.00 bits per heavy atom. The SMILES string of the molecule is CC(C)CCN1CCN(C(=O)CC2CCN([I-]C(C)C)CC2)CC1. The van der Waals surface area contributed by atoms with Gasteiger partial charge in [0.25, 0.3) is 0 Å². The second kappa shape index (κ2) is 10.3. The Labute approximate surface area is 159 Å². The van der Waals surface area contributed by atoms with E-state index in [0.717, 1.165) is 42.4 Å². The van der Waals surface area contributed by atoms with Crippen LogP contribution >= 0.6 is 0 Å². The van der Waals surface area contributed by atoms with Gasteiger partial charge in [0, 0.05) is 0 Å². The first-order valence-corrected chi connectivity index (χ1v) is 12.0. The number of piperidine rings is 1. The predicted molar refractivity (Wildman–Crippen MR) is 96.5 cm³/mol. The molecule has 0 atom stereocenters. The van der Waals surface area contributed by atoms with Crippen molar-refractivity contribution in [2.75, 3.05) is 45.8 Å². The summed E-state index contributed by atoms with van der Waals surface area (Å²) >= 11 is 0.209. The summed E-state index contributed by atoms with van der Waals surface area (Å²) in [6.45, 7) is 16.9. The van der Waals surface area contributed by atoms with Crippen molar-refractivity contribution in [1.82, 2.24) is 12.9 Å². The van der Waals surface area contributed by atoms with Gasteiger partial charge in [0.15, 0.2) is 0 Å². The summed E-state index contributed by atoms with van der Waals surface area (Å²) < 4.78 is 3.53. The van der Waals surface area contributed by atoms with Crippen molar-refractivity contribution in [2.45, 2.75) is 57.3 Å². The van der Waals surface area contributed by atoms with Crippen molar-refractivity contribution < 1.29 is 26.3 Å². The van der Waals surface area contributed by atoms with Crippen LogP contribution < -0.4 is 21.5 Å². The normalized spacial score (nSPS) is 22.0. The van der Waals surface area contributed by atoms with E-state index in [1.807, 2.05) is 0 Å². The van der Waals surface area contributed by atoms with Crippen LogP contribution in [0.1, 0.15) is 53.4 Å². The summed E-state index contributed by atoms with van der Waals surface area (Å²) in [7, 11) is 0. The topological polar surface area (TPSA) is 26.8 Å². The molecule has 0 aliphatic carbocycles. The molecule has 1 amide bonds. The van der Waals surface area contributed by atoms with Crippen LogP contribution in [0.2, 0.25) is 0 Å². The van der Waals surface area contributed by atoms with E-state index in [0.29, 0.717) is 11.8 Å². The Morgan fingerprint density at radius 3 is 2.17 bits per heavy atom. The molecular weight excluding hydrogens is 413 g/mol. The fraction of sp³-hybridized carbons (Fsp3) is 0.947. The van der Waals surface area contributed by atoms with Gasteiger partial charge in [-0.25, -0.2) is 0 Å². The molecule has 0 radical (unpaired) electrons. The number of halogens is 1. The molecule has 2 aliphatic rings. The maximum absolute atomic E-state index is 12.6. The van der Waals surface area contributed by atoms with Crippen LogP contribution in [-0.2, 0) is 4.79 Å². The third-order valence-corrected chi connectivity index (χ3v) is 7.97. The van der Waals surface area contributed by atoms with Crippen LogP contribution in [0.4, 0.5) is 0 Å². The molecule has 5 heteroatoms. The Kier molecular flexibility index (Phi) is 8.78. The summed E-state index contributed by atoms with van der Waals surface area (Å²) in [6.07, 6.45) is 4.52. The van der Waals surface area contributed by atoms with Crippen molar-refractivity contribution in [2.24, 2.45) is 11.8 Å². The van der Waals surface area contributed by atoms with Crippen molar-refractivity contribution in [3.05, 3.63) is 0 Å². The minimum atomic E-state index is 0.209. The summed E-state index contributed by atoms with van der Waals surface area (Å²) in [4.78, 5) is 17.2. The Balaban J connectivity index is 1.64. The number of nitrogens with zero attached hydrogens (tertiary/aromatic N) is 3. The van der Waals surface area contributed by atoms with Crippen molar-refractivity contribution in [3.63, 3.8) is 0 Å². The number of hydrogen-bond donors (Lipinski definition) is 0. The molecule has 24 heavy (non-hydrogen) atoms. The number of hydrogen-bond acceptors (Lipinski definition) is 3. The Morgan fingerprint density at radius 2 is 1.62 bits per heavy atom. The maximum atomic E-state index is 12.6. The third-order valence-electron chi connectivity index (χ3n) is 5.10. The zero-order valence-electron chi connectivity index (χ0n) is 16.1. The molecular formula is C19H37IN3O-. The second-order valence-electron chi connectivity index (χ2n) is 8.07. The first-order valence-electron chi connectivity index (χ1n) is 9.82. The molecule has 0 aromatic heterocycles. The van der Waals surface area contributed by atoms with Crippen LogP contribution in [-0.4, -0.2) is 68.6 Å². The van der Waals surface area contributed by atoms with Crippen LogP contribution in [0.5, 0.6) is 0 Å². The van der Waals surface area contributed by atoms with Gasteiger partial charge < -0.3 is 0 Å². The van der Waals surface area contributed by atoms with E-state index in [2.05, 4.69) is 40.6 Å². The number of rotatable bonds is 7. The van der Waals surface area contributed by atoms with Crippen molar-refractivity contribution in [3.8, 4) is 0 Å². The molecule has 142 valence electrons. The molecule has 4 nitrogen and oxygen atoms in total. The van der Waals surface area contributed by atoms with Gasteiger partial charge in [0.2, 0.25) is 0 Å². The van der Waals surface area contributed by atoms with Gasteiger partial charge in [0.1, 0.15) is 0 Å². The molecule has 2 aliphatic heterocycles. The van der Waals surface area contributed by atoms with Crippen LogP contribution in [0.15, 0.2) is 0 Å². The van der Waals surface area contributed by atoms with E-state index >= 15 is 0 Å². The predicted octanol–water partition coefficient (Wildman–Crippen LogP) is -0.309. The molecule has 0 unspecified atom stereocenters. The monoisotopic (exact) mass is 450 g/mol. The van der Waals surface area contributed by atoms with Gasteiger partial charge in [0.05, 0.1) is 0 Å². The van der Waals surface area contributed by atoms with Gasteiger partial charge in [-0.3, -0.25) is 0 Å². The number of amides is 1. The summed E-state index contributed by atoms with van der Waals surface area (Å²) in [5.41, 5.74) is 0. The zero-order valence-corrected chi connectivity index (χ0v) is 18.3. The molecule has 0 saturated carbocycles. The molecule has 0 spiro atoms. The fourth-order valence-electron chi connectivity index (χ4n) is 3.52. The quantitative estimate of drug-likeness (QED) is 0.303. The van der Waals surface area contributed by atoms with Gasteiger partial charge in [-0.2, -0.15) is 0 Å². The average Bonchev–Trinajstić information content (AvgIpc) is 2.54. The van der Waals surface area contributed by atoms with Gasteiger partial charge >= 0.3 is 140 Å². The fourth-order valence-corrected chi connectivity index (χ4v) is 6.21. The molecule has 0 bridgehead atoms. The minimum absolute atomic E-state index is 0.209. The zero-order chi connectivity index (χ0) is 17.5. The van der Waals surface area contributed by atoms with E-state index in [4.69, 9.17) is 0 Å². The third kappa shape index (κ3) is 7.16. The first kappa shape index (κ1) is 20.4. The molecule has 0 N–H and O–H groups in total. The molecule has 0 aromatic rings. The van der Waals surface area contributed by atoms with Crippen LogP contribution in [0.25, 0.3) is 0 Å². The number of carbonyl (C=O) groups is 1. The average molecular weight is 450 g/mol. The van der Waals surface area contributed by atoms with Gasteiger partial charge in [-0.15, -0.1) is 0 Å². The van der Waals surface area contributed by atoms with E-state index in [9.17, 15) is 4.79 Å². The van der Waals surface area contributed by atoms with Crippen molar-refractivity contribution >= 4 is 5.91 Å². The van der Waals surface area contributed by atoms with E-state index in [-0.39, 0.29) is 21.5 Å². The summed E-state index contributed by atoms with van der Waals surface area (Å²) in [6, 6.07) is 0. The Hall–Kier alpha value is 0.120. The van der Waals surface area contributed by atoms with E-state index < -0.39 is 0 Å². The van der Waals surface area contributed by atoms with Crippen LogP contribution in [0, 0.1) is 11.8 Å². The standard InChI is InChI=1S/C19H37IN3O/c1-16(2)5-8-21-11-13-22(14-12-21)19(24)15-18-6-9-23(10-7-18)20-17(3)4/h16-18H,5-15H2,1-4H3/q-1. The molecule has 2 rings (SSSR count). The van der Waals surface area contributed by atoms with Gasteiger partial charge in [-0.1, -0.05) is 13.8 Å². The molecule has 2 fully saturated rings. The van der Waals surface area contributed by atoms with E-state index in [1.54, 1.807) is 0 Å². The molecule has 0 aromatic carbocycles. The van der Waals surface area contributed by atoms with Gasteiger partial charge in [-0.05, 0) is 5.92 Å². The second-order valence-corrected chi connectivity index (χ2v) is 12.5. The summed E-state index contributed by atoms with van der Waals surface area (Å²) in [5.74, 6) is 1.81. The first-order chi connectivity index (χ1) is 11.4. The molecule has 2 saturated heterocycles. The van der Waals surface area contributed by atoms with Crippen LogP contribution in [0.3, 0.4) is 0 Å².